The molecule has 2 nitrogen and oxygen atoms in total. The fourth-order valence-corrected chi connectivity index (χ4v) is 1.64. The fourth-order valence-electron chi connectivity index (χ4n) is 1.64. The van der Waals surface area contributed by atoms with Gasteiger partial charge in [0.25, 0.3) is 0 Å². The predicted molar refractivity (Wildman–Crippen MR) is 59.8 cm³/mol. The summed E-state index contributed by atoms with van der Waals surface area (Å²) in [4.78, 5) is 0. The molecule has 1 rings (SSSR count). The predicted octanol–water partition coefficient (Wildman–Crippen LogP) is 2.60. The summed E-state index contributed by atoms with van der Waals surface area (Å²) in [5.41, 5.74) is 6.78. The average molecular weight is 211 g/mol. The van der Waals surface area contributed by atoms with E-state index in [9.17, 15) is 4.39 Å². The molecular formula is C12H18FNO. The molecule has 1 aromatic carbocycles. The van der Waals surface area contributed by atoms with Gasteiger partial charge in [-0.3, -0.25) is 0 Å². The highest BCUT2D eigenvalue weighted by molar-refractivity contribution is 5.37. The van der Waals surface area contributed by atoms with Crippen molar-refractivity contribution in [3.05, 3.63) is 29.1 Å². The largest absolute Gasteiger partial charge is 0.497 e. The Balaban J connectivity index is 3.09. The topological polar surface area (TPSA) is 35.2 Å². The molecule has 0 radical (unpaired) electrons. The van der Waals surface area contributed by atoms with Gasteiger partial charge in [0.1, 0.15) is 11.6 Å². The fraction of sp³-hybridized carbons (Fsp3) is 0.500. The van der Waals surface area contributed by atoms with Crippen LogP contribution in [0.3, 0.4) is 0 Å². The Hall–Kier alpha value is -1.09. The second-order valence-corrected chi connectivity index (χ2v) is 3.83. The van der Waals surface area contributed by atoms with Crippen LogP contribution >= 0.6 is 0 Å². The molecular weight excluding hydrogens is 193 g/mol. The SMILES string of the molecule is COc1cc(C)c(F)c(C(C)CCN)c1. The van der Waals surface area contributed by atoms with E-state index in [0.717, 1.165) is 6.42 Å². The van der Waals surface area contributed by atoms with E-state index in [4.69, 9.17) is 10.5 Å². The Morgan fingerprint density at radius 1 is 1.47 bits per heavy atom. The van der Waals surface area contributed by atoms with Crippen LogP contribution in [0, 0.1) is 12.7 Å². The van der Waals surface area contributed by atoms with Crippen molar-refractivity contribution >= 4 is 0 Å². The standard InChI is InChI=1S/C12H18FNO/c1-8(4-5-14)11-7-10(15-3)6-9(2)12(11)13/h6-8H,4-5,14H2,1-3H3. The maximum absolute atomic E-state index is 13.8. The first-order chi connectivity index (χ1) is 7.10. The lowest BCUT2D eigenvalue weighted by molar-refractivity contribution is 0.411. The van der Waals surface area contributed by atoms with Crippen LogP contribution in [0.4, 0.5) is 4.39 Å². The van der Waals surface area contributed by atoms with Crippen LogP contribution in [0.5, 0.6) is 5.75 Å². The zero-order valence-electron chi connectivity index (χ0n) is 9.51. The monoisotopic (exact) mass is 211 g/mol. The Bertz CT molecular complexity index is 339. The molecule has 3 heteroatoms. The van der Waals surface area contributed by atoms with E-state index in [1.54, 1.807) is 26.2 Å². The Morgan fingerprint density at radius 3 is 2.67 bits per heavy atom. The van der Waals surface area contributed by atoms with E-state index in [-0.39, 0.29) is 11.7 Å². The van der Waals surface area contributed by atoms with Gasteiger partial charge in [0.15, 0.2) is 0 Å². The normalized spacial score (nSPS) is 12.6. The van der Waals surface area contributed by atoms with Crippen LogP contribution in [0.1, 0.15) is 30.4 Å². The number of hydrogen-bond donors (Lipinski definition) is 1. The molecule has 0 saturated heterocycles. The molecule has 1 atom stereocenters. The zero-order chi connectivity index (χ0) is 11.4. The first kappa shape index (κ1) is 12.0. The van der Waals surface area contributed by atoms with Crippen LogP contribution in [-0.4, -0.2) is 13.7 Å². The summed E-state index contributed by atoms with van der Waals surface area (Å²) in [6.45, 7) is 4.29. The molecule has 0 heterocycles. The molecule has 0 aliphatic heterocycles. The van der Waals surface area contributed by atoms with Gasteiger partial charge in [-0.2, -0.15) is 0 Å². The minimum Gasteiger partial charge on any atom is -0.497 e. The molecule has 84 valence electrons. The van der Waals surface area contributed by atoms with E-state index in [2.05, 4.69) is 0 Å². The maximum Gasteiger partial charge on any atom is 0.129 e. The van der Waals surface area contributed by atoms with E-state index in [0.29, 0.717) is 23.4 Å². The van der Waals surface area contributed by atoms with Gasteiger partial charge in [0.2, 0.25) is 0 Å². The summed E-state index contributed by atoms with van der Waals surface area (Å²) >= 11 is 0. The smallest absolute Gasteiger partial charge is 0.129 e. The average Bonchev–Trinajstić information content (AvgIpc) is 2.22. The highest BCUT2D eigenvalue weighted by atomic mass is 19.1. The number of aryl methyl sites for hydroxylation is 1. The Kier molecular flexibility index (Phi) is 4.09. The van der Waals surface area contributed by atoms with Crippen molar-refractivity contribution in [2.45, 2.75) is 26.2 Å². The van der Waals surface area contributed by atoms with E-state index in [1.807, 2.05) is 6.92 Å². The number of halogens is 1. The Morgan fingerprint density at radius 2 is 2.13 bits per heavy atom. The molecule has 15 heavy (non-hydrogen) atoms. The molecule has 0 amide bonds. The first-order valence-electron chi connectivity index (χ1n) is 5.14. The first-order valence-corrected chi connectivity index (χ1v) is 5.14. The molecule has 0 bridgehead atoms. The van der Waals surface area contributed by atoms with Crippen molar-refractivity contribution in [3.63, 3.8) is 0 Å². The molecule has 1 aromatic rings. The van der Waals surface area contributed by atoms with Gasteiger partial charge in [-0.1, -0.05) is 6.92 Å². The number of nitrogens with two attached hydrogens (primary N) is 1. The third-order valence-corrected chi connectivity index (χ3v) is 2.62. The van der Waals surface area contributed by atoms with Crippen molar-refractivity contribution in [3.8, 4) is 5.75 Å². The van der Waals surface area contributed by atoms with E-state index < -0.39 is 0 Å². The van der Waals surface area contributed by atoms with E-state index >= 15 is 0 Å². The number of hydrogen-bond acceptors (Lipinski definition) is 2. The lowest BCUT2D eigenvalue weighted by atomic mass is 9.95. The minimum atomic E-state index is -0.142. The molecule has 0 spiro atoms. The molecule has 2 N–H and O–H groups in total. The zero-order valence-corrected chi connectivity index (χ0v) is 9.51. The van der Waals surface area contributed by atoms with Crippen LogP contribution in [0.15, 0.2) is 12.1 Å². The third-order valence-electron chi connectivity index (χ3n) is 2.62. The number of ether oxygens (including phenoxy) is 1. The van der Waals surface area contributed by atoms with Gasteiger partial charge in [-0.25, -0.2) is 4.39 Å². The van der Waals surface area contributed by atoms with Crippen molar-refractivity contribution in [2.24, 2.45) is 5.73 Å². The summed E-state index contributed by atoms with van der Waals surface area (Å²) in [6, 6.07) is 3.46. The van der Waals surface area contributed by atoms with Crippen LogP contribution in [-0.2, 0) is 0 Å². The van der Waals surface area contributed by atoms with Gasteiger partial charge >= 0.3 is 0 Å². The minimum absolute atomic E-state index is 0.129. The van der Waals surface area contributed by atoms with Gasteiger partial charge in [-0.05, 0) is 49.1 Å². The van der Waals surface area contributed by atoms with Crippen LogP contribution in [0.2, 0.25) is 0 Å². The number of benzene rings is 1. The quantitative estimate of drug-likeness (QED) is 0.830. The highest BCUT2D eigenvalue weighted by Crippen LogP contribution is 2.28. The molecule has 0 fully saturated rings. The third kappa shape index (κ3) is 2.69. The highest BCUT2D eigenvalue weighted by Gasteiger charge is 2.14. The molecule has 0 aliphatic carbocycles. The molecule has 1 unspecified atom stereocenters. The van der Waals surface area contributed by atoms with Crippen LogP contribution < -0.4 is 10.5 Å². The van der Waals surface area contributed by atoms with Gasteiger partial charge < -0.3 is 10.5 Å². The number of rotatable bonds is 4. The summed E-state index contributed by atoms with van der Waals surface area (Å²) in [6.07, 6.45) is 0.781. The van der Waals surface area contributed by atoms with Crippen molar-refractivity contribution < 1.29 is 9.13 Å². The van der Waals surface area contributed by atoms with Crippen LogP contribution in [0.25, 0.3) is 0 Å². The van der Waals surface area contributed by atoms with Gasteiger partial charge in [0, 0.05) is 0 Å². The van der Waals surface area contributed by atoms with Crippen molar-refractivity contribution in [1.82, 2.24) is 0 Å². The lowest BCUT2D eigenvalue weighted by Crippen LogP contribution is -2.07. The summed E-state index contributed by atoms with van der Waals surface area (Å²) in [5.74, 6) is 0.688. The Labute approximate surface area is 90.2 Å². The number of methoxy groups -OCH3 is 1. The van der Waals surface area contributed by atoms with Gasteiger partial charge in [-0.15, -0.1) is 0 Å². The molecule has 0 aliphatic rings. The van der Waals surface area contributed by atoms with Crippen molar-refractivity contribution in [1.29, 1.82) is 0 Å². The summed E-state index contributed by atoms with van der Waals surface area (Å²) in [5, 5.41) is 0. The van der Waals surface area contributed by atoms with Crippen molar-refractivity contribution in [2.75, 3.05) is 13.7 Å². The maximum atomic E-state index is 13.8. The lowest BCUT2D eigenvalue weighted by Gasteiger charge is -2.14. The second kappa shape index (κ2) is 5.12. The molecule has 0 saturated carbocycles. The van der Waals surface area contributed by atoms with Gasteiger partial charge in [0.05, 0.1) is 7.11 Å². The second-order valence-electron chi connectivity index (χ2n) is 3.83. The summed E-state index contributed by atoms with van der Waals surface area (Å²) in [7, 11) is 1.59. The van der Waals surface area contributed by atoms with E-state index in [1.165, 1.54) is 0 Å². The summed E-state index contributed by atoms with van der Waals surface area (Å²) < 4.78 is 18.9. The molecule has 0 aromatic heterocycles.